The Morgan fingerprint density at radius 1 is 1.29 bits per heavy atom. The lowest BCUT2D eigenvalue weighted by Gasteiger charge is -2.26. The third-order valence-electron chi connectivity index (χ3n) is 4.33. The van der Waals surface area contributed by atoms with Gasteiger partial charge in [0.2, 0.25) is 0 Å². The van der Waals surface area contributed by atoms with Gasteiger partial charge in [-0.3, -0.25) is 9.59 Å². The van der Waals surface area contributed by atoms with Gasteiger partial charge in [0.1, 0.15) is 5.69 Å². The molecule has 2 rings (SSSR count). The number of carbonyl (C=O) groups excluding carboxylic acids is 2. The number of hydrogen-bond donors (Lipinski definition) is 3. The van der Waals surface area contributed by atoms with Crippen molar-refractivity contribution in [2.24, 2.45) is 5.73 Å². The predicted molar refractivity (Wildman–Crippen MR) is 82.6 cm³/mol. The number of ketones is 1. The van der Waals surface area contributed by atoms with Gasteiger partial charge in [0.15, 0.2) is 5.78 Å². The Labute approximate surface area is 125 Å². The zero-order chi connectivity index (χ0) is 15.6. The van der Waals surface area contributed by atoms with E-state index in [1.54, 1.807) is 6.92 Å². The van der Waals surface area contributed by atoms with Crippen LogP contribution in [0.2, 0.25) is 0 Å². The number of nitrogens with one attached hydrogen (secondary N) is 2. The Morgan fingerprint density at radius 3 is 2.43 bits per heavy atom. The number of nitrogens with two attached hydrogens (primary N) is 1. The van der Waals surface area contributed by atoms with Crippen LogP contribution < -0.4 is 11.1 Å². The average Bonchev–Trinajstić information content (AvgIpc) is 2.78. The van der Waals surface area contributed by atoms with Crippen molar-refractivity contribution in [3.05, 3.63) is 22.5 Å². The molecule has 0 aliphatic heterocycles. The molecule has 1 aliphatic rings. The number of aryl methyl sites for hydroxylation is 1. The average molecular weight is 291 g/mol. The number of aromatic amines is 1. The minimum atomic E-state index is -0.108. The number of hydrogen-bond acceptors (Lipinski definition) is 3. The molecule has 0 atom stereocenters. The lowest BCUT2D eigenvalue weighted by Crippen LogP contribution is -2.40. The van der Waals surface area contributed by atoms with Crippen LogP contribution in [0.3, 0.4) is 0 Å². The number of H-pyrrole nitrogens is 1. The third kappa shape index (κ3) is 3.35. The Bertz CT molecular complexity index is 540. The van der Waals surface area contributed by atoms with E-state index in [2.05, 4.69) is 10.3 Å². The maximum absolute atomic E-state index is 12.5. The molecule has 1 saturated carbocycles. The maximum Gasteiger partial charge on any atom is 0.268 e. The predicted octanol–water partition coefficient (Wildman–Crippen LogP) is 2.09. The molecule has 116 valence electrons. The normalized spacial score (nSPS) is 22.1. The van der Waals surface area contributed by atoms with Crippen molar-refractivity contribution in [1.82, 2.24) is 10.3 Å². The Balaban J connectivity index is 2.16. The molecule has 0 bridgehead atoms. The molecule has 1 fully saturated rings. The highest BCUT2D eigenvalue weighted by Gasteiger charge is 2.25. The summed E-state index contributed by atoms with van der Waals surface area (Å²) < 4.78 is 0. The SMILES string of the molecule is CCc1c(C(=O)NC2CCC(N)CC2)[nH]c(C)c1C(C)=O. The molecule has 21 heavy (non-hydrogen) atoms. The molecule has 0 unspecified atom stereocenters. The summed E-state index contributed by atoms with van der Waals surface area (Å²) in [6.45, 7) is 5.34. The van der Waals surface area contributed by atoms with E-state index >= 15 is 0 Å². The molecule has 1 heterocycles. The van der Waals surface area contributed by atoms with Crippen LogP contribution in [0.4, 0.5) is 0 Å². The second kappa shape index (κ2) is 6.43. The van der Waals surface area contributed by atoms with Gasteiger partial charge in [-0.2, -0.15) is 0 Å². The molecule has 1 aliphatic carbocycles. The number of rotatable bonds is 4. The fraction of sp³-hybridized carbons (Fsp3) is 0.625. The molecule has 1 amide bonds. The van der Waals surface area contributed by atoms with E-state index < -0.39 is 0 Å². The Hall–Kier alpha value is -1.62. The molecule has 0 radical (unpaired) electrons. The van der Waals surface area contributed by atoms with Crippen LogP contribution in [-0.4, -0.2) is 28.8 Å². The summed E-state index contributed by atoms with van der Waals surface area (Å²) >= 11 is 0. The summed E-state index contributed by atoms with van der Waals surface area (Å²) in [6.07, 6.45) is 4.42. The minimum Gasteiger partial charge on any atom is -0.354 e. The Kier molecular flexibility index (Phi) is 4.83. The second-order valence-electron chi connectivity index (χ2n) is 5.97. The molecule has 4 N–H and O–H groups in total. The van der Waals surface area contributed by atoms with E-state index in [9.17, 15) is 9.59 Å². The summed E-state index contributed by atoms with van der Waals surface area (Å²) in [6, 6.07) is 0.452. The lowest BCUT2D eigenvalue weighted by atomic mass is 9.91. The summed E-state index contributed by atoms with van der Waals surface area (Å²) in [5.74, 6) is -0.105. The first-order valence-corrected chi connectivity index (χ1v) is 7.72. The van der Waals surface area contributed by atoms with Crippen LogP contribution in [0.15, 0.2) is 0 Å². The molecule has 1 aromatic rings. The largest absolute Gasteiger partial charge is 0.354 e. The van der Waals surface area contributed by atoms with Crippen molar-refractivity contribution in [2.75, 3.05) is 0 Å². The molecular formula is C16H25N3O2. The molecule has 0 spiro atoms. The summed E-state index contributed by atoms with van der Waals surface area (Å²) in [4.78, 5) is 27.3. The van der Waals surface area contributed by atoms with Gasteiger partial charge < -0.3 is 16.0 Å². The highest BCUT2D eigenvalue weighted by atomic mass is 16.2. The quantitative estimate of drug-likeness (QED) is 0.742. The smallest absolute Gasteiger partial charge is 0.268 e. The van der Waals surface area contributed by atoms with Gasteiger partial charge in [-0.05, 0) is 51.5 Å². The van der Waals surface area contributed by atoms with Gasteiger partial charge in [0.05, 0.1) is 0 Å². The number of Topliss-reactive ketones (excluding diaryl/α,β-unsaturated/α-hetero) is 1. The van der Waals surface area contributed by atoms with Gasteiger partial charge in [0.25, 0.3) is 5.91 Å². The van der Waals surface area contributed by atoms with Crippen LogP contribution in [0, 0.1) is 6.92 Å². The molecule has 5 heteroatoms. The topological polar surface area (TPSA) is 88.0 Å². The van der Waals surface area contributed by atoms with Crippen molar-refractivity contribution >= 4 is 11.7 Å². The first kappa shape index (κ1) is 15.8. The van der Waals surface area contributed by atoms with Crippen molar-refractivity contribution in [3.8, 4) is 0 Å². The second-order valence-corrected chi connectivity index (χ2v) is 5.97. The van der Waals surface area contributed by atoms with Gasteiger partial charge in [-0.15, -0.1) is 0 Å². The van der Waals surface area contributed by atoms with Crippen molar-refractivity contribution in [3.63, 3.8) is 0 Å². The van der Waals surface area contributed by atoms with Crippen LogP contribution in [0.5, 0.6) is 0 Å². The summed E-state index contributed by atoms with van der Waals surface area (Å²) in [5.41, 5.74) is 8.68. The first-order chi connectivity index (χ1) is 9.93. The van der Waals surface area contributed by atoms with Gasteiger partial charge in [-0.1, -0.05) is 6.92 Å². The van der Waals surface area contributed by atoms with Gasteiger partial charge in [-0.25, -0.2) is 0 Å². The van der Waals surface area contributed by atoms with Crippen LogP contribution in [-0.2, 0) is 6.42 Å². The van der Waals surface area contributed by atoms with Crippen LogP contribution in [0.25, 0.3) is 0 Å². The van der Waals surface area contributed by atoms with Crippen molar-refractivity contribution < 1.29 is 9.59 Å². The van der Waals surface area contributed by atoms with E-state index in [1.807, 2.05) is 13.8 Å². The highest BCUT2D eigenvalue weighted by molar-refractivity contribution is 6.02. The van der Waals surface area contributed by atoms with E-state index in [-0.39, 0.29) is 23.8 Å². The van der Waals surface area contributed by atoms with Crippen molar-refractivity contribution in [2.45, 2.75) is 65.0 Å². The standard InChI is InChI=1S/C16H25N3O2/c1-4-13-14(10(3)20)9(2)18-15(13)16(21)19-12-7-5-11(17)6-8-12/h11-12,18H,4-8,17H2,1-3H3,(H,19,21). The van der Waals surface area contributed by atoms with Gasteiger partial charge >= 0.3 is 0 Å². The van der Waals surface area contributed by atoms with Gasteiger partial charge in [0, 0.05) is 23.3 Å². The lowest BCUT2D eigenvalue weighted by molar-refractivity contribution is 0.0920. The van der Waals surface area contributed by atoms with Crippen molar-refractivity contribution in [1.29, 1.82) is 0 Å². The zero-order valence-electron chi connectivity index (χ0n) is 13.1. The van der Waals surface area contributed by atoms with E-state index in [0.717, 1.165) is 36.9 Å². The summed E-state index contributed by atoms with van der Waals surface area (Å²) in [5, 5.41) is 3.07. The number of carbonyl (C=O) groups is 2. The van der Waals surface area contributed by atoms with E-state index in [0.29, 0.717) is 17.7 Å². The molecule has 5 nitrogen and oxygen atoms in total. The first-order valence-electron chi connectivity index (χ1n) is 7.72. The fourth-order valence-electron chi connectivity index (χ4n) is 3.22. The monoisotopic (exact) mass is 291 g/mol. The fourth-order valence-corrected chi connectivity index (χ4v) is 3.22. The highest BCUT2D eigenvalue weighted by Crippen LogP contribution is 2.22. The summed E-state index contributed by atoms with van der Waals surface area (Å²) in [7, 11) is 0. The van der Waals surface area contributed by atoms with Crippen LogP contribution in [0.1, 0.15) is 71.6 Å². The Morgan fingerprint density at radius 2 is 1.90 bits per heavy atom. The molecule has 0 aromatic carbocycles. The molecule has 0 saturated heterocycles. The van der Waals surface area contributed by atoms with E-state index in [4.69, 9.17) is 5.73 Å². The molecule has 1 aromatic heterocycles. The van der Waals surface area contributed by atoms with E-state index in [1.165, 1.54) is 0 Å². The molecular weight excluding hydrogens is 266 g/mol. The maximum atomic E-state index is 12.5. The minimum absolute atomic E-state index is 0.00305. The zero-order valence-corrected chi connectivity index (χ0v) is 13.1. The van der Waals surface area contributed by atoms with Crippen LogP contribution >= 0.6 is 0 Å². The number of amides is 1. The number of aromatic nitrogens is 1. The third-order valence-corrected chi connectivity index (χ3v) is 4.33.